The first-order valence-corrected chi connectivity index (χ1v) is 6.50. The summed E-state index contributed by atoms with van der Waals surface area (Å²) in [6, 6.07) is 15.3. The number of rotatable bonds is 3. The van der Waals surface area contributed by atoms with Crippen LogP contribution >= 0.6 is 0 Å². The largest absolute Gasteiger partial charge is 0.461 e. The molecule has 1 aromatic carbocycles. The molecule has 0 fully saturated rings. The lowest BCUT2D eigenvalue weighted by atomic mass is 10.2. The van der Waals surface area contributed by atoms with Crippen molar-refractivity contribution in [3.63, 3.8) is 0 Å². The minimum atomic E-state index is -0.339. The van der Waals surface area contributed by atoms with Crippen LogP contribution in [0.1, 0.15) is 17.4 Å². The molecule has 0 radical (unpaired) electrons. The number of benzene rings is 1. The van der Waals surface area contributed by atoms with Gasteiger partial charge in [0.25, 0.3) is 0 Å². The third-order valence-electron chi connectivity index (χ3n) is 3.07. The summed E-state index contributed by atoms with van der Waals surface area (Å²) in [5, 5.41) is 0.987. The summed E-state index contributed by atoms with van der Waals surface area (Å²) >= 11 is 0. The van der Waals surface area contributed by atoms with Gasteiger partial charge in [0.2, 0.25) is 0 Å². The number of fused-ring (bicyclic) bond motifs is 1. The van der Waals surface area contributed by atoms with Gasteiger partial charge in [0.15, 0.2) is 0 Å². The molecule has 0 saturated carbocycles. The molecule has 3 rings (SSSR count). The molecule has 0 spiro atoms. The van der Waals surface area contributed by atoms with Crippen LogP contribution in [-0.2, 0) is 4.74 Å². The van der Waals surface area contributed by atoms with Gasteiger partial charge in [-0.3, -0.25) is 4.57 Å². The summed E-state index contributed by atoms with van der Waals surface area (Å²) in [6.45, 7) is 2.15. The molecule has 100 valence electrons. The van der Waals surface area contributed by atoms with Crippen molar-refractivity contribution in [2.24, 2.45) is 0 Å². The van der Waals surface area contributed by atoms with Crippen LogP contribution in [0.2, 0.25) is 0 Å². The van der Waals surface area contributed by atoms with Crippen LogP contribution in [0, 0.1) is 0 Å². The molecule has 0 N–H and O–H groups in total. The topological polar surface area (TPSA) is 44.1 Å². The summed E-state index contributed by atoms with van der Waals surface area (Å²) in [5.74, 6) is 0.367. The van der Waals surface area contributed by atoms with Gasteiger partial charge in [0.05, 0.1) is 12.1 Å². The van der Waals surface area contributed by atoms with E-state index in [9.17, 15) is 4.79 Å². The number of pyridine rings is 1. The Bertz CT molecular complexity index is 748. The lowest BCUT2D eigenvalue weighted by molar-refractivity contribution is 0.0517. The fraction of sp³-hybridized carbons (Fsp3) is 0.125. The number of hydrogen-bond donors (Lipinski definition) is 0. The van der Waals surface area contributed by atoms with Crippen LogP contribution in [0.15, 0.2) is 54.7 Å². The van der Waals surface area contributed by atoms with Crippen LogP contribution in [-0.4, -0.2) is 22.1 Å². The minimum Gasteiger partial charge on any atom is -0.461 e. The maximum atomic E-state index is 12.1. The van der Waals surface area contributed by atoms with Crippen molar-refractivity contribution in [3.8, 4) is 5.82 Å². The second-order valence-electron chi connectivity index (χ2n) is 4.33. The third-order valence-corrected chi connectivity index (χ3v) is 3.07. The molecule has 0 amide bonds. The summed E-state index contributed by atoms with van der Waals surface area (Å²) in [7, 11) is 0. The number of aromatic nitrogens is 2. The smallest absolute Gasteiger partial charge is 0.355 e. The minimum absolute atomic E-state index is 0.339. The predicted octanol–water partition coefficient (Wildman–Crippen LogP) is 3.20. The van der Waals surface area contributed by atoms with Crippen molar-refractivity contribution in [1.82, 2.24) is 9.55 Å². The van der Waals surface area contributed by atoms with E-state index in [1.165, 1.54) is 0 Å². The highest BCUT2D eigenvalue weighted by atomic mass is 16.5. The van der Waals surface area contributed by atoms with Gasteiger partial charge in [-0.25, -0.2) is 9.78 Å². The van der Waals surface area contributed by atoms with Gasteiger partial charge < -0.3 is 4.74 Å². The first-order valence-electron chi connectivity index (χ1n) is 6.50. The van der Waals surface area contributed by atoms with Gasteiger partial charge in [-0.2, -0.15) is 0 Å². The second-order valence-corrected chi connectivity index (χ2v) is 4.33. The van der Waals surface area contributed by atoms with Crippen molar-refractivity contribution in [2.75, 3.05) is 6.61 Å². The van der Waals surface area contributed by atoms with Gasteiger partial charge in [0.1, 0.15) is 11.5 Å². The zero-order valence-electron chi connectivity index (χ0n) is 11.1. The van der Waals surface area contributed by atoms with Gasteiger partial charge in [-0.05, 0) is 31.2 Å². The summed E-state index contributed by atoms with van der Waals surface area (Å²) in [4.78, 5) is 16.5. The standard InChI is InChI=1S/C16H14N2O2/c1-2-20-16(19)14-11-12-7-3-4-8-13(12)18(14)15-9-5-6-10-17-15/h3-11H,2H2,1H3. The molecule has 0 aliphatic carbocycles. The van der Waals surface area contributed by atoms with Crippen molar-refractivity contribution < 1.29 is 9.53 Å². The van der Waals surface area contributed by atoms with E-state index >= 15 is 0 Å². The summed E-state index contributed by atoms with van der Waals surface area (Å²) in [6.07, 6.45) is 1.71. The average molecular weight is 266 g/mol. The molecule has 3 aromatic rings. The van der Waals surface area contributed by atoms with Crippen molar-refractivity contribution in [3.05, 3.63) is 60.4 Å². The molecule has 0 bridgehead atoms. The number of ether oxygens (including phenoxy) is 1. The average Bonchev–Trinajstić information content (AvgIpc) is 2.88. The first kappa shape index (κ1) is 12.4. The molecule has 2 aromatic heterocycles. The zero-order valence-corrected chi connectivity index (χ0v) is 11.1. The lowest BCUT2D eigenvalue weighted by Crippen LogP contribution is -2.11. The molecule has 0 aliphatic heterocycles. The second kappa shape index (κ2) is 5.17. The van der Waals surface area contributed by atoms with E-state index in [1.54, 1.807) is 13.1 Å². The van der Waals surface area contributed by atoms with E-state index in [0.29, 0.717) is 18.1 Å². The maximum Gasteiger partial charge on any atom is 0.355 e. The first-order chi connectivity index (χ1) is 9.81. The summed E-state index contributed by atoms with van der Waals surface area (Å²) in [5.41, 5.74) is 1.43. The number of hydrogen-bond acceptors (Lipinski definition) is 3. The number of carbonyl (C=O) groups is 1. The Morgan fingerprint density at radius 1 is 1.20 bits per heavy atom. The monoisotopic (exact) mass is 266 g/mol. The van der Waals surface area contributed by atoms with E-state index in [0.717, 1.165) is 10.9 Å². The SMILES string of the molecule is CCOC(=O)c1cc2ccccc2n1-c1ccccn1. The molecule has 20 heavy (non-hydrogen) atoms. The number of nitrogens with zero attached hydrogens (tertiary/aromatic N) is 2. The fourth-order valence-corrected chi connectivity index (χ4v) is 2.24. The Kier molecular flexibility index (Phi) is 3.21. The Morgan fingerprint density at radius 3 is 2.75 bits per heavy atom. The maximum absolute atomic E-state index is 12.1. The molecule has 0 aliphatic rings. The van der Waals surface area contributed by atoms with Crippen LogP contribution in [0.4, 0.5) is 0 Å². The zero-order chi connectivity index (χ0) is 13.9. The Labute approximate surface area is 116 Å². The molecule has 0 saturated heterocycles. The van der Waals surface area contributed by atoms with Crippen LogP contribution < -0.4 is 0 Å². The molecular weight excluding hydrogens is 252 g/mol. The highest BCUT2D eigenvalue weighted by Gasteiger charge is 2.17. The van der Waals surface area contributed by atoms with Crippen LogP contribution in [0.3, 0.4) is 0 Å². The number of esters is 1. The van der Waals surface area contributed by atoms with Crippen molar-refractivity contribution >= 4 is 16.9 Å². The van der Waals surface area contributed by atoms with E-state index in [1.807, 2.05) is 53.1 Å². The molecule has 4 heteroatoms. The third kappa shape index (κ3) is 2.05. The van der Waals surface area contributed by atoms with Gasteiger partial charge in [-0.15, -0.1) is 0 Å². The van der Waals surface area contributed by atoms with Crippen molar-refractivity contribution in [2.45, 2.75) is 6.92 Å². The molecule has 4 nitrogen and oxygen atoms in total. The number of para-hydroxylation sites is 1. The van der Waals surface area contributed by atoms with E-state index in [2.05, 4.69) is 4.98 Å². The Hall–Kier alpha value is -2.62. The molecule has 0 atom stereocenters. The highest BCUT2D eigenvalue weighted by molar-refractivity contribution is 5.96. The fourth-order valence-electron chi connectivity index (χ4n) is 2.24. The van der Waals surface area contributed by atoms with Gasteiger partial charge in [-0.1, -0.05) is 24.3 Å². The Morgan fingerprint density at radius 2 is 2.00 bits per heavy atom. The molecule has 2 heterocycles. The highest BCUT2D eigenvalue weighted by Crippen LogP contribution is 2.23. The Balaban J connectivity index is 2.26. The molecule has 0 unspecified atom stereocenters. The van der Waals surface area contributed by atoms with Crippen LogP contribution in [0.5, 0.6) is 0 Å². The van der Waals surface area contributed by atoms with Gasteiger partial charge in [0, 0.05) is 11.6 Å². The van der Waals surface area contributed by atoms with E-state index < -0.39 is 0 Å². The van der Waals surface area contributed by atoms with Crippen molar-refractivity contribution in [1.29, 1.82) is 0 Å². The van der Waals surface area contributed by atoms with Crippen LogP contribution in [0.25, 0.3) is 16.7 Å². The van der Waals surface area contributed by atoms with E-state index in [4.69, 9.17) is 4.74 Å². The normalized spacial score (nSPS) is 10.7. The van der Waals surface area contributed by atoms with Gasteiger partial charge >= 0.3 is 5.97 Å². The van der Waals surface area contributed by atoms with E-state index in [-0.39, 0.29) is 5.97 Å². The number of carbonyl (C=O) groups excluding carboxylic acids is 1. The predicted molar refractivity (Wildman–Crippen MR) is 77.0 cm³/mol. The summed E-state index contributed by atoms with van der Waals surface area (Å²) < 4.78 is 6.96. The molecular formula is C16H14N2O2. The lowest BCUT2D eigenvalue weighted by Gasteiger charge is -2.08. The quantitative estimate of drug-likeness (QED) is 0.684.